The van der Waals surface area contributed by atoms with Crippen LogP contribution in [0.2, 0.25) is 0 Å². The van der Waals surface area contributed by atoms with Gasteiger partial charge in [-0.25, -0.2) is 0 Å². The molecule has 3 N–H and O–H groups in total. The monoisotopic (exact) mass is 804 g/mol. The number of Topliss-reactive ketones (excluding diaryl/α,β-unsaturated/α-hetero) is 1. The van der Waals surface area contributed by atoms with Crippen LogP contribution in [0, 0.1) is 68.0 Å². The summed E-state index contributed by atoms with van der Waals surface area (Å²) in [6.07, 6.45) is 7.81. The molecular formula is C49H73NO8. The number of aliphatic carboxylic acids is 1. The molecule has 6 aliphatic carbocycles. The second-order valence-electron chi connectivity index (χ2n) is 21.8. The van der Waals surface area contributed by atoms with Gasteiger partial charge in [-0.2, -0.15) is 0 Å². The predicted molar refractivity (Wildman–Crippen MR) is 224 cm³/mol. The number of carbonyl (C=O) groups is 3. The zero-order valence-electron chi connectivity index (χ0n) is 37.2. The second kappa shape index (κ2) is 15.3. The molecule has 9 heteroatoms. The fourth-order valence-electron chi connectivity index (χ4n) is 14.7. The number of hydrogen-bond donors (Lipinski definition) is 3. The number of fused-ring (bicyclic) bond motifs is 7. The molecule has 0 amide bonds. The van der Waals surface area contributed by atoms with Gasteiger partial charge in [-0.15, -0.1) is 0 Å². The van der Waals surface area contributed by atoms with Crippen LogP contribution in [-0.4, -0.2) is 67.0 Å². The standard InChI is InChI=1S/C49H73NO8/c1-29(2)40-35(51)26-49(38(52)28-50-27-30-11-13-31(14-12-30)57-24-23-56-10)22-21-47(8)32(41(40)49)15-16-37-46(7)19-18-39(45(5,6)36(46)17-20-48(37,47)9)58-43(55)34-25-33(42(53)54)44(34,3)4/h11-14,29,32-34,36-39,50,52H,15-28H2,1-10H3,(H,53,54)/t32-,33+,34-,36+,37-,38+,39+,46+,47-,48-,49+/m1/s1. The van der Waals surface area contributed by atoms with Gasteiger partial charge in [0.25, 0.3) is 0 Å². The molecule has 9 nitrogen and oxygen atoms in total. The van der Waals surface area contributed by atoms with Gasteiger partial charge in [-0.05, 0) is 126 Å². The Kier molecular flexibility index (Phi) is 11.4. The molecule has 0 radical (unpaired) electrons. The van der Waals surface area contributed by atoms with Crippen molar-refractivity contribution in [3.63, 3.8) is 0 Å². The Morgan fingerprint density at radius 2 is 1.55 bits per heavy atom. The maximum atomic E-state index is 14.1. The Balaban J connectivity index is 1.08. The van der Waals surface area contributed by atoms with E-state index in [-0.39, 0.29) is 57.3 Å². The molecule has 0 unspecified atom stereocenters. The Bertz CT molecular complexity index is 1780. The summed E-state index contributed by atoms with van der Waals surface area (Å²) >= 11 is 0. The zero-order chi connectivity index (χ0) is 42.2. The van der Waals surface area contributed by atoms with E-state index in [9.17, 15) is 24.6 Å². The number of hydrogen-bond acceptors (Lipinski definition) is 8. The first-order chi connectivity index (χ1) is 27.2. The Hall–Kier alpha value is -2.75. The van der Waals surface area contributed by atoms with E-state index in [1.165, 1.54) is 5.57 Å². The summed E-state index contributed by atoms with van der Waals surface area (Å²) in [6, 6.07) is 8.04. The highest BCUT2D eigenvalue weighted by atomic mass is 16.5. The van der Waals surface area contributed by atoms with Crippen molar-refractivity contribution in [1.29, 1.82) is 0 Å². The van der Waals surface area contributed by atoms with E-state index < -0.39 is 28.8 Å². The van der Waals surface area contributed by atoms with Gasteiger partial charge in [-0.1, -0.05) is 80.0 Å². The van der Waals surface area contributed by atoms with Gasteiger partial charge in [-0.3, -0.25) is 14.4 Å². The second-order valence-corrected chi connectivity index (χ2v) is 21.8. The molecule has 0 saturated heterocycles. The number of esters is 1. The van der Waals surface area contributed by atoms with E-state index in [1.54, 1.807) is 7.11 Å². The van der Waals surface area contributed by atoms with Crippen LogP contribution in [0.5, 0.6) is 5.75 Å². The summed E-state index contributed by atoms with van der Waals surface area (Å²) in [5.41, 5.74) is 2.15. The third-order valence-electron chi connectivity index (χ3n) is 18.3. The van der Waals surface area contributed by atoms with E-state index in [2.05, 4.69) is 65.9 Å². The summed E-state index contributed by atoms with van der Waals surface area (Å²) in [5.74, 6) is 0.330. The lowest BCUT2D eigenvalue weighted by Gasteiger charge is -2.72. The smallest absolute Gasteiger partial charge is 0.309 e. The Morgan fingerprint density at radius 1 is 0.845 bits per heavy atom. The molecule has 5 fully saturated rings. The number of aliphatic hydroxyl groups is 1. The zero-order valence-corrected chi connectivity index (χ0v) is 37.2. The number of rotatable bonds is 13. The summed E-state index contributed by atoms with van der Waals surface area (Å²) in [4.78, 5) is 39.6. The normalized spacial score (nSPS) is 39.1. The average molecular weight is 804 g/mol. The molecule has 0 spiro atoms. The predicted octanol–water partition coefficient (Wildman–Crippen LogP) is 8.80. The highest BCUT2D eigenvalue weighted by Gasteiger charge is 2.71. The van der Waals surface area contributed by atoms with E-state index >= 15 is 0 Å². The number of methoxy groups -OCH3 is 1. The van der Waals surface area contributed by atoms with Crippen LogP contribution >= 0.6 is 0 Å². The molecule has 0 bridgehead atoms. The molecule has 1 aromatic rings. The molecule has 7 rings (SSSR count). The minimum atomic E-state index is -0.830. The average Bonchev–Trinajstić information content (AvgIpc) is 3.46. The van der Waals surface area contributed by atoms with Crippen molar-refractivity contribution in [1.82, 2.24) is 5.32 Å². The van der Waals surface area contributed by atoms with Crippen molar-refractivity contribution in [2.45, 2.75) is 145 Å². The minimum absolute atomic E-state index is 0.0162. The molecule has 322 valence electrons. The Labute approximate surface area is 347 Å². The van der Waals surface area contributed by atoms with Crippen LogP contribution in [-0.2, 0) is 30.4 Å². The van der Waals surface area contributed by atoms with Crippen molar-refractivity contribution in [3.05, 3.63) is 41.0 Å². The number of ketones is 1. The Morgan fingerprint density at radius 3 is 2.19 bits per heavy atom. The van der Waals surface area contributed by atoms with Crippen LogP contribution in [0.3, 0.4) is 0 Å². The van der Waals surface area contributed by atoms with E-state index in [4.69, 9.17) is 14.2 Å². The fourth-order valence-corrected chi connectivity index (χ4v) is 14.7. The van der Waals surface area contributed by atoms with Gasteiger partial charge >= 0.3 is 11.9 Å². The molecule has 0 heterocycles. The quantitative estimate of drug-likeness (QED) is 0.132. The molecule has 0 aliphatic heterocycles. The number of benzene rings is 1. The van der Waals surface area contributed by atoms with Gasteiger partial charge < -0.3 is 29.7 Å². The summed E-state index contributed by atoms with van der Waals surface area (Å²) in [5, 5.41) is 25.5. The van der Waals surface area contributed by atoms with E-state index in [0.717, 1.165) is 68.3 Å². The van der Waals surface area contributed by atoms with Gasteiger partial charge in [0.15, 0.2) is 5.78 Å². The number of carboxylic acid groups (broad SMARTS) is 1. The van der Waals surface area contributed by atoms with Crippen LogP contribution in [0.15, 0.2) is 35.4 Å². The van der Waals surface area contributed by atoms with E-state index in [1.807, 2.05) is 26.0 Å². The number of allylic oxidation sites excluding steroid dienone is 1. The molecule has 58 heavy (non-hydrogen) atoms. The highest BCUT2D eigenvalue weighted by Crippen LogP contribution is 2.77. The number of nitrogens with one attached hydrogen (secondary N) is 1. The van der Waals surface area contributed by atoms with Gasteiger partial charge in [0.1, 0.15) is 18.5 Å². The molecule has 0 aromatic heterocycles. The van der Waals surface area contributed by atoms with Crippen LogP contribution in [0.4, 0.5) is 0 Å². The molecule has 6 aliphatic rings. The lowest BCUT2D eigenvalue weighted by Crippen LogP contribution is -2.66. The number of carboxylic acids is 1. The molecular weight excluding hydrogens is 731 g/mol. The van der Waals surface area contributed by atoms with Crippen molar-refractivity contribution in [3.8, 4) is 5.75 Å². The number of carbonyl (C=O) groups excluding carboxylic acids is 2. The van der Waals surface area contributed by atoms with Crippen molar-refractivity contribution in [2.24, 2.45) is 68.0 Å². The topological polar surface area (TPSA) is 131 Å². The molecule has 5 saturated carbocycles. The molecule has 11 atom stereocenters. The first-order valence-corrected chi connectivity index (χ1v) is 22.5. The van der Waals surface area contributed by atoms with Gasteiger partial charge in [0.05, 0.1) is 24.5 Å². The first-order valence-electron chi connectivity index (χ1n) is 22.5. The van der Waals surface area contributed by atoms with Crippen molar-refractivity contribution >= 4 is 17.7 Å². The maximum Gasteiger partial charge on any atom is 0.309 e. The van der Waals surface area contributed by atoms with Gasteiger partial charge in [0, 0.05) is 37.5 Å². The number of ether oxygens (including phenoxy) is 3. The van der Waals surface area contributed by atoms with Crippen molar-refractivity contribution < 1.29 is 38.8 Å². The van der Waals surface area contributed by atoms with Gasteiger partial charge in [0.2, 0.25) is 0 Å². The summed E-state index contributed by atoms with van der Waals surface area (Å²) in [6.45, 7) is 22.5. The lowest BCUT2D eigenvalue weighted by atomic mass is 9.33. The number of aliphatic hydroxyl groups excluding tert-OH is 1. The lowest BCUT2D eigenvalue weighted by molar-refractivity contribution is -0.238. The third kappa shape index (κ3) is 6.61. The molecule has 1 aromatic carbocycles. The minimum Gasteiger partial charge on any atom is -0.491 e. The first kappa shape index (κ1) is 43.3. The van der Waals surface area contributed by atoms with Crippen LogP contribution < -0.4 is 10.1 Å². The largest absolute Gasteiger partial charge is 0.491 e. The summed E-state index contributed by atoms with van der Waals surface area (Å²) < 4.78 is 17.2. The van der Waals surface area contributed by atoms with Crippen molar-refractivity contribution in [2.75, 3.05) is 26.9 Å². The van der Waals surface area contributed by atoms with E-state index in [0.29, 0.717) is 51.0 Å². The van der Waals surface area contributed by atoms with Crippen LogP contribution in [0.1, 0.15) is 132 Å². The third-order valence-corrected chi connectivity index (χ3v) is 18.3. The maximum absolute atomic E-state index is 14.1. The summed E-state index contributed by atoms with van der Waals surface area (Å²) in [7, 11) is 1.66. The SMILES string of the molecule is COCCOc1ccc(CNC[C@H](O)[C@@]23CC[C@]4(C)[C@H](CC[C@@H]5[C@@]6(C)CC[C@H](OC(=O)[C@H]7C[C@@H](C(=O)O)C7(C)C)C(C)(C)[C@@H]6CC[C@]54C)C2=C(C(C)C)C(=O)C3)cc1. The fraction of sp³-hybridized carbons (Fsp3) is 0.776. The van der Waals surface area contributed by atoms with Crippen LogP contribution in [0.25, 0.3) is 0 Å². The highest BCUT2D eigenvalue weighted by molar-refractivity contribution is 6.00.